The van der Waals surface area contributed by atoms with Crippen molar-refractivity contribution in [1.82, 2.24) is 10.6 Å². The molecule has 1 aliphatic heterocycles. The Bertz CT molecular complexity index is 685. The smallest absolute Gasteiger partial charge is 0.251 e. The standard InChI is InChI=1S/C22H30N2O4/c1-15-13-28-14-19(25)20(15)24-22(27)18(12-16-8-4-2-5-9-16)23-21(26)17-10-6-3-7-11-17/h3,6-7,10-11,15-16,18,20H,2,4-5,8-9,12-14H2,1H3,(H,23,26)(H,24,27)/t15?,18-,20?/m0/s1. The number of ketones is 1. The zero-order valence-electron chi connectivity index (χ0n) is 16.5. The van der Waals surface area contributed by atoms with E-state index >= 15 is 0 Å². The van der Waals surface area contributed by atoms with Crippen molar-refractivity contribution in [1.29, 1.82) is 0 Å². The Morgan fingerprint density at radius 3 is 2.54 bits per heavy atom. The average molecular weight is 386 g/mol. The molecule has 28 heavy (non-hydrogen) atoms. The van der Waals surface area contributed by atoms with Crippen LogP contribution in [0.2, 0.25) is 0 Å². The lowest BCUT2D eigenvalue weighted by atomic mass is 9.84. The lowest BCUT2D eigenvalue weighted by Crippen LogP contribution is -2.56. The van der Waals surface area contributed by atoms with Gasteiger partial charge in [0.05, 0.1) is 12.6 Å². The molecule has 6 nitrogen and oxygen atoms in total. The summed E-state index contributed by atoms with van der Waals surface area (Å²) in [5.41, 5.74) is 0.527. The molecule has 3 atom stereocenters. The maximum Gasteiger partial charge on any atom is 0.251 e. The normalized spacial score (nSPS) is 24.4. The molecule has 1 saturated heterocycles. The van der Waals surface area contributed by atoms with Crippen LogP contribution >= 0.6 is 0 Å². The second kappa shape index (κ2) is 9.82. The fourth-order valence-electron chi connectivity index (χ4n) is 4.14. The molecule has 3 rings (SSSR count). The highest BCUT2D eigenvalue weighted by Gasteiger charge is 2.34. The van der Waals surface area contributed by atoms with Gasteiger partial charge in [0.15, 0.2) is 5.78 Å². The van der Waals surface area contributed by atoms with E-state index in [1.165, 1.54) is 19.3 Å². The number of rotatable bonds is 6. The summed E-state index contributed by atoms with van der Waals surface area (Å²) >= 11 is 0. The van der Waals surface area contributed by atoms with Crippen molar-refractivity contribution in [3.05, 3.63) is 35.9 Å². The first-order valence-electron chi connectivity index (χ1n) is 10.3. The van der Waals surface area contributed by atoms with E-state index in [0.29, 0.717) is 24.5 Å². The molecule has 2 fully saturated rings. The average Bonchev–Trinajstić information content (AvgIpc) is 2.71. The highest BCUT2D eigenvalue weighted by atomic mass is 16.5. The van der Waals surface area contributed by atoms with Gasteiger partial charge in [0.25, 0.3) is 5.91 Å². The van der Waals surface area contributed by atoms with Crippen molar-refractivity contribution < 1.29 is 19.1 Å². The molecule has 152 valence electrons. The van der Waals surface area contributed by atoms with Gasteiger partial charge in [0.2, 0.25) is 5.91 Å². The number of nitrogens with one attached hydrogen (secondary N) is 2. The van der Waals surface area contributed by atoms with E-state index in [9.17, 15) is 14.4 Å². The van der Waals surface area contributed by atoms with Crippen LogP contribution in [-0.2, 0) is 14.3 Å². The van der Waals surface area contributed by atoms with Crippen molar-refractivity contribution in [3.8, 4) is 0 Å². The van der Waals surface area contributed by atoms with Gasteiger partial charge in [-0.3, -0.25) is 14.4 Å². The third-order valence-electron chi connectivity index (χ3n) is 5.79. The molecule has 1 aromatic rings. The molecule has 1 heterocycles. The minimum absolute atomic E-state index is 0.0267. The van der Waals surface area contributed by atoms with E-state index in [1.54, 1.807) is 24.3 Å². The minimum atomic E-state index is -0.640. The van der Waals surface area contributed by atoms with Crippen LogP contribution in [0.5, 0.6) is 0 Å². The Balaban J connectivity index is 1.69. The number of carbonyl (C=O) groups excluding carboxylic acids is 3. The van der Waals surface area contributed by atoms with Crippen LogP contribution in [0.25, 0.3) is 0 Å². The molecule has 0 radical (unpaired) electrons. The van der Waals surface area contributed by atoms with Gasteiger partial charge in [-0.15, -0.1) is 0 Å². The van der Waals surface area contributed by atoms with Crippen LogP contribution in [0.3, 0.4) is 0 Å². The largest absolute Gasteiger partial charge is 0.373 e. The zero-order chi connectivity index (χ0) is 19.9. The third-order valence-corrected chi connectivity index (χ3v) is 5.79. The number of hydrogen-bond donors (Lipinski definition) is 2. The van der Waals surface area contributed by atoms with Crippen molar-refractivity contribution in [2.45, 2.75) is 57.5 Å². The molecule has 6 heteroatoms. The lowest BCUT2D eigenvalue weighted by Gasteiger charge is -2.31. The number of amides is 2. The number of hydrogen-bond acceptors (Lipinski definition) is 4. The van der Waals surface area contributed by atoms with E-state index in [-0.39, 0.29) is 30.1 Å². The Morgan fingerprint density at radius 2 is 1.86 bits per heavy atom. The van der Waals surface area contributed by atoms with E-state index in [4.69, 9.17) is 4.74 Å². The Labute approximate surface area is 166 Å². The SMILES string of the molecule is CC1COCC(=O)C1NC(=O)[C@H](CC1CCCCC1)NC(=O)c1ccccc1. The molecular formula is C22H30N2O4. The molecule has 2 N–H and O–H groups in total. The van der Waals surface area contributed by atoms with Crippen LogP contribution < -0.4 is 10.6 Å². The number of carbonyl (C=O) groups is 3. The van der Waals surface area contributed by atoms with Crippen molar-refractivity contribution in [3.63, 3.8) is 0 Å². The molecule has 2 aliphatic rings. The second-order valence-corrected chi connectivity index (χ2v) is 8.08. The Hall–Kier alpha value is -2.21. The minimum Gasteiger partial charge on any atom is -0.373 e. The second-order valence-electron chi connectivity index (χ2n) is 8.08. The van der Waals surface area contributed by atoms with Gasteiger partial charge in [-0.25, -0.2) is 0 Å². The molecule has 1 aliphatic carbocycles. The molecule has 0 aromatic heterocycles. The highest BCUT2D eigenvalue weighted by molar-refractivity contribution is 5.98. The topological polar surface area (TPSA) is 84.5 Å². The molecule has 1 saturated carbocycles. The first-order valence-corrected chi connectivity index (χ1v) is 10.3. The van der Waals surface area contributed by atoms with Crippen LogP contribution in [0, 0.1) is 11.8 Å². The third kappa shape index (κ3) is 5.41. The monoisotopic (exact) mass is 386 g/mol. The molecule has 2 amide bonds. The van der Waals surface area contributed by atoms with Gasteiger partial charge < -0.3 is 15.4 Å². The van der Waals surface area contributed by atoms with Crippen LogP contribution in [0.15, 0.2) is 30.3 Å². The van der Waals surface area contributed by atoms with Crippen molar-refractivity contribution in [2.75, 3.05) is 13.2 Å². The predicted octanol–water partition coefficient (Wildman–Crippen LogP) is 2.48. The number of Topliss-reactive ketones (excluding diaryl/α,β-unsaturated/α-hetero) is 1. The molecule has 0 bridgehead atoms. The summed E-state index contributed by atoms with van der Waals surface area (Å²) in [5.74, 6) is -0.309. The summed E-state index contributed by atoms with van der Waals surface area (Å²) in [6.45, 7) is 2.36. The summed E-state index contributed by atoms with van der Waals surface area (Å²) in [6, 6.07) is 7.72. The van der Waals surface area contributed by atoms with Crippen LogP contribution in [0.4, 0.5) is 0 Å². The summed E-state index contributed by atoms with van der Waals surface area (Å²) in [6.07, 6.45) is 6.34. The first kappa shape index (κ1) is 20.5. The summed E-state index contributed by atoms with van der Waals surface area (Å²) < 4.78 is 5.24. The van der Waals surface area contributed by atoms with Gasteiger partial charge in [-0.1, -0.05) is 57.2 Å². The fourth-order valence-corrected chi connectivity index (χ4v) is 4.14. The fraction of sp³-hybridized carbons (Fsp3) is 0.591. The quantitative estimate of drug-likeness (QED) is 0.787. The number of benzene rings is 1. The first-order chi connectivity index (χ1) is 13.5. The van der Waals surface area contributed by atoms with Gasteiger partial charge in [-0.05, 0) is 24.5 Å². The summed E-state index contributed by atoms with van der Waals surface area (Å²) in [5, 5.41) is 5.79. The summed E-state index contributed by atoms with van der Waals surface area (Å²) in [7, 11) is 0. The van der Waals surface area contributed by atoms with E-state index in [2.05, 4.69) is 10.6 Å². The van der Waals surface area contributed by atoms with Crippen molar-refractivity contribution >= 4 is 17.6 Å². The van der Waals surface area contributed by atoms with E-state index in [1.807, 2.05) is 13.0 Å². The van der Waals surface area contributed by atoms with Gasteiger partial charge in [0.1, 0.15) is 12.6 Å². The number of ether oxygens (including phenoxy) is 1. The summed E-state index contributed by atoms with van der Waals surface area (Å²) in [4.78, 5) is 37.8. The van der Waals surface area contributed by atoms with Crippen molar-refractivity contribution in [2.24, 2.45) is 11.8 Å². The highest BCUT2D eigenvalue weighted by Crippen LogP contribution is 2.27. The van der Waals surface area contributed by atoms with Crippen LogP contribution in [-0.4, -0.2) is 42.9 Å². The van der Waals surface area contributed by atoms with Gasteiger partial charge in [-0.2, -0.15) is 0 Å². The zero-order valence-corrected chi connectivity index (χ0v) is 16.5. The Kier molecular flexibility index (Phi) is 7.20. The maximum absolute atomic E-state index is 13.0. The predicted molar refractivity (Wildman–Crippen MR) is 106 cm³/mol. The Morgan fingerprint density at radius 1 is 1.14 bits per heavy atom. The van der Waals surface area contributed by atoms with Gasteiger partial charge >= 0.3 is 0 Å². The van der Waals surface area contributed by atoms with E-state index in [0.717, 1.165) is 12.8 Å². The van der Waals surface area contributed by atoms with Crippen LogP contribution in [0.1, 0.15) is 55.8 Å². The maximum atomic E-state index is 13.0. The molecule has 2 unspecified atom stereocenters. The molecule has 0 spiro atoms. The van der Waals surface area contributed by atoms with E-state index < -0.39 is 12.1 Å². The van der Waals surface area contributed by atoms with Gasteiger partial charge in [0, 0.05) is 11.5 Å². The lowest BCUT2D eigenvalue weighted by molar-refractivity contribution is -0.137. The molecule has 1 aromatic carbocycles. The molecular weight excluding hydrogens is 356 g/mol.